The highest BCUT2D eigenvalue weighted by molar-refractivity contribution is 6.32. The van der Waals surface area contributed by atoms with Crippen molar-refractivity contribution in [3.05, 3.63) is 158 Å². The summed E-state index contributed by atoms with van der Waals surface area (Å²) in [5.74, 6) is 0. The van der Waals surface area contributed by atoms with Gasteiger partial charge in [0.15, 0.2) is 0 Å². The highest BCUT2D eigenvalue weighted by Crippen LogP contribution is 2.37. The first-order valence-electron chi connectivity index (χ1n) is 13.0. The number of hydrogen-bond acceptors (Lipinski definition) is 1. The van der Waals surface area contributed by atoms with Crippen LogP contribution in [0.1, 0.15) is 0 Å². The molecule has 6 aromatic carbocycles. The summed E-state index contributed by atoms with van der Waals surface area (Å²) in [5.41, 5.74) is 12.0. The molecule has 0 radical (unpaired) electrons. The summed E-state index contributed by atoms with van der Waals surface area (Å²) in [4.78, 5) is 2.32. The van der Waals surface area contributed by atoms with Crippen molar-refractivity contribution in [3.8, 4) is 33.4 Å². The lowest BCUT2D eigenvalue weighted by Gasteiger charge is -2.26. The topological polar surface area (TPSA) is 3.24 Å². The van der Waals surface area contributed by atoms with E-state index in [0.717, 1.165) is 17.1 Å². The molecule has 0 saturated heterocycles. The fourth-order valence-electron chi connectivity index (χ4n) is 4.86. The quantitative estimate of drug-likeness (QED) is 0.214. The molecule has 1 nitrogen and oxygen atoms in total. The average molecular weight is 485 g/mol. The molecule has 0 aliphatic heterocycles. The lowest BCUT2D eigenvalue weighted by atomic mass is 9.93. The van der Waals surface area contributed by atoms with Crippen LogP contribution in [-0.4, -0.2) is 7.85 Å². The predicted molar refractivity (Wildman–Crippen MR) is 166 cm³/mol. The third kappa shape index (κ3) is 5.03. The molecule has 0 unspecified atom stereocenters. The predicted octanol–water partition coefficient (Wildman–Crippen LogP) is 8.42. The molecule has 0 amide bonds. The average Bonchev–Trinajstić information content (AvgIpc) is 3.00. The van der Waals surface area contributed by atoms with Crippen molar-refractivity contribution in [2.75, 3.05) is 4.90 Å². The van der Waals surface area contributed by atoms with Gasteiger partial charge in [-0.2, -0.15) is 0 Å². The molecule has 0 saturated carbocycles. The molecule has 0 bridgehead atoms. The number of benzene rings is 6. The highest BCUT2D eigenvalue weighted by atomic mass is 15.1. The van der Waals surface area contributed by atoms with Crippen LogP contribution in [0, 0.1) is 0 Å². The van der Waals surface area contributed by atoms with Gasteiger partial charge < -0.3 is 4.90 Å². The van der Waals surface area contributed by atoms with E-state index in [0.29, 0.717) is 0 Å². The second-order valence-corrected chi connectivity index (χ2v) is 9.57. The first-order valence-corrected chi connectivity index (χ1v) is 13.0. The molecule has 0 atom stereocenters. The molecule has 38 heavy (non-hydrogen) atoms. The summed E-state index contributed by atoms with van der Waals surface area (Å²) in [5, 5.41) is 0. The van der Waals surface area contributed by atoms with E-state index in [1.165, 1.54) is 38.8 Å². The molecule has 2 heteroatoms. The molecule has 0 aliphatic carbocycles. The van der Waals surface area contributed by atoms with Gasteiger partial charge in [0.2, 0.25) is 0 Å². The monoisotopic (exact) mass is 485 g/mol. The molecular weight excluding hydrogens is 457 g/mol. The van der Waals surface area contributed by atoms with E-state index in [-0.39, 0.29) is 0 Å². The second kappa shape index (κ2) is 10.7. The number of anilines is 3. The summed E-state index contributed by atoms with van der Waals surface area (Å²) in [6.45, 7) is 0. The van der Waals surface area contributed by atoms with Crippen LogP contribution in [0.15, 0.2) is 158 Å². The Morgan fingerprint density at radius 2 is 0.553 bits per heavy atom. The first-order chi connectivity index (χ1) is 18.7. The van der Waals surface area contributed by atoms with Gasteiger partial charge in [-0.1, -0.05) is 127 Å². The number of nitrogens with zero attached hydrogens (tertiary/aromatic N) is 1. The Morgan fingerprint density at radius 3 is 0.868 bits per heavy atom. The van der Waals surface area contributed by atoms with Crippen molar-refractivity contribution in [2.45, 2.75) is 0 Å². The van der Waals surface area contributed by atoms with Crippen LogP contribution in [0.3, 0.4) is 0 Å². The van der Waals surface area contributed by atoms with E-state index >= 15 is 0 Å². The van der Waals surface area contributed by atoms with Crippen LogP contribution in [0.25, 0.3) is 33.4 Å². The Hall–Kier alpha value is -4.82. The minimum Gasteiger partial charge on any atom is -0.311 e. The van der Waals surface area contributed by atoms with Crippen LogP contribution >= 0.6 is 0 Å². The van der Waals surface area contributed by atoms with Gasteiger partial charge in [0, 0.05) is 17.1 Å². The van der Waals surface area contributed by atoms with E-state index in [9.17, 15) is 0 Å². The summed E-state index contributed by atoms with van der Waals surface area (Å²) >= 11 is 0. The molecule has 6 aromatic rings. The fraction of sp³-hybridized carbons (Fsp3) is 0. The Kier molecular flexibility index (Phi) is 6.61. The molecule has 180 valence electrons. The molecule has 0 heterocycles. The zero-order chi connectivity index (χ0) is 25.7. The molecular formula is C36H28BN. The van der Waals surface area contributed by atoms with Gasteiger partial charge >= 0.3 is 0 Å². The molecule has 0 aliphatic rings. The Balaban J connectivity index is 1.38. The normalized spacial score (nSPS) is 10.7. The fourth-order valence-corrected chi connectivity index (χ4v) is 4.86. The lowest BCUT2D eigenvalue weighted by molar-refractivity contribution is 1.28. The van der Waals surface area contributed by atoms with Gasteiger partial charge in [-0.3, -0.25) is 0 Å². The lowest BCUT2D eigenvalue weighted by Crippen LogP contribution is -2.09. The highest BCUT2D eigenvalue weighted by Gasteiger charge is 2.13. The van der Waals surface area contributed by atoms with E-state index in [4.69, 9.17) is 0 Å². The van der Waals surface area contributed by atoms with E-state index in [1.54, 1.807) is 0 Å². The first kappa shape index (κ1) is 23.6. The van der Waals surface area contributed by atoms with Crippen LogP contribution in [0.2, 0.25) is 0 Å². The standard InChI is InChI=1S/C36H28BN/c37-33-19-11-29(12-20-33)32-17-25-36(26-18-32)38(34-21-13-30(14-22-34)27-7-3-1-4-8-27)35-23-15-31(16-24-35)28-9-5-2-6-10-28/h1-26H,37H2. The summed E-state index contributed by atoms with van der Waals surface area (Å²) in [6, 6.07) is 56.3. The second-order valence-electron chi connectivity index (χ2n) is 9.57. The maximum absolute atomic E-state index is 2.32. The maximum atomic E-state index is 2.32. The van der Waals surface area contributed by atoms with Crippen LogP contribution < -0.4 is 10.4 Å². The minimum atomic E-state index is 1.13. The molecule has 0 spiro atoms. The van der Waals surface area contributed by atoms with Crippen LogP contribution in [-0.2, 0) is 0 Å². The van der Waals surface area contributed by atoms with Crippen molar-refractivity contribution in [1.29, 1.82) is 0 Å². The summed E-state index contributed by atoms with van der Waals surface area (Å²) in [7, 11) is 2.12. The van der Waals surface area contributed by atoms with E-state index in [2.05, 4.69) is 170 Å². The van der Waals surface area contributed by atoms with Crippen LogP contribution in [0.4, 0.5) is 17.1 Å². The van der Waals surface area contributed by atoms with Crippen molar-refractivity contribution in [3.63, 3.8) is 0 Å². The smallest absolute Gasteiger partial charge is 0.139 e. The molecule has 0 aromatic heterocycles. The summed E-state index contributed by atoms with van der Waals surface area (Å²) < 4.78 is 0. The minimum absolute atomic E-state index is 1.13. The molecule has 0 N–H and O–H groups in total. The Morgan fingerprint density at radius 1 is 0.289 bits per heavy atom. The molecule has 6 rings (SSSR count). The zero-order valence-corrected chi connectivity index (χ0v) is 21.5. The zero-order valence-electron chi connectivity index (χ0n) is 21.5. The van der Waals surface area contributed by atoms with Gasteiger partial charge in [0.25, 0.3) is 0 Å². The molecule has 0 fully saturated rings. The van der Waals surface area contributed by atoms with Gasteiger partial charge in [-0.15, -0.1) is 0 Å². The Labute approximate surface area is 226 Å². The number of rotatable bonds is 6. The van der Waals surface area contributed by atoms with Gasteiger partial charge in [-0.05, 0) is 69.8 Å². The SMILES string of the molecule is Bc1ccc(-c2ccc(N(c3ccc(-c4ccccc4)cc3)c3ccc(-c4ccccc4)cc3)cc2)cc1. The van der Waals surface area contributed by atoms with Crippen molar-refractivity contribution in [2.24, 2.45) is 0 Å². The van der Waals surface area contributed by atoms with Gasteiger partial charge in [0.1, 0.15) is 7.85 Å². The largest absolute Gasteiger partial charge is 0.311 e. The van der Waals surface area contributed by atoms with Gasteiger partial charge in [-0.25, -0.2) is 0 Å². The third-order valence-corrected chi connectivity index (χ3v) is 6.98. The summed E-state index contributed by atoms with van der Waals surface area (Å²) in [6.07, 6.45) is 0. The van der Waals surface area contributed by atoms with Crippen molar-refractivity contribution < 1.29 is 0 Å². The maximum Gasteiger partial charge on any atom is 0.139 e. The third-order valence-electron chi connectivity index (χ3n) is 6.98. The van der Waals surface area contributed by atoms with Crippen molar-refractivity contribution in [1.82, 2.24) is 0 Å². The van der Waals surface area contributed by atoms with E-state index in [1.807, 2.05) is 0 Å². The Bertz CT molecular complexity index is 1520. The number of hydrogen-bond donors (Lipinski definition) is 0. The van der Waals surface area contributed by atoms with Crippen LogP contribution in [0.5, 0.6) is 0 Å². The van der Waals surface area contributed by atoms with Crippen molar-refractivity contribution >= 4 is 30.4 Å². The van der Waals surface area contributed by atoms with E-state index < -0.39 is 0 Å². The van der Waals surface area contributed by atoms with Gasteiger partial charge in [0.05, 0.1) is 0 Å².